The Hall–Kier alpha value is -1.34. The normalized spacial score (nSPS) is 8.50. The summed E-state index contributed by atoms with van der Waals surface area (Å²) in [4.78, 5) is 20.3. The summed E-state index contributed by atoms with van der Waals surface area (Å²) in [5, 5.41) is 0. The van der Waals surface area contributed by atoms with Crippen LogP contribution in [-0.2, 0) is 4.79 Å². The number of hydrogen-bond acceptors (Lipinski definition) is 4. The smallest absolute Gasteiger partial charge is 0.326 e. The molecule has 0 aromatic rings. The Labute approximate surface area is 57.1 Å². The summed E-state index contributed by atoms with van der Waals surface area (Å²) in [5.41, 5.74) is 10.7. The van der Waals surface area contributed by atoms with Crippen LogP contribution in [0.4, 0.5) is 4.79 Å². The zero-order valence-corrected chi connectivity index (χ0v) is 5.18. The third kappa shape index (κ3) is 4.81. The maximum atomic E-state index is 10.3. The highest BCUT2D eigenvalue weighted by Crippen LogP contribution is 1.54. The Morgan fingerprint density at radius 1 is 1.40 bits per heavy atom. The minimum atomic E-state index is -0.759. The molecule has 0 radical (unpaired) electrons. The van der Waals surface area contributed by atoms with Crippen LogP contribution in [0.5, 0.6) is 0 Å². The zero-order chi connectivity index (χ0) is 7.98. The second kappa shape index (κ2) is 4.53. The van der Waals surface area contributed by atoms with E-state index in [1.165, 1.54) is 0 Å². The summed E-state index contributed by atoms with van der Waals surface area (Å²) in [6.07, 6.45) is 0. The van der Waals surface area contributed by atoms with E-state index in [1.807, 2.05) is 10.9 Å². The molecular weight excluding hydrogens is 138 g/mol. The standard InChI is InChI=1S/C3H9N5O2/c4-3(10)8-6-1-2(9)7-5/h6H,1,5H2,(H,7,9)(H3,4,8,10). The van der Waals surface area contributed by atoms with Crippen molar-refractivity contribution in [1.82, 2.24) is 16.3 Å². The molecule has 0 saturated carbocycles. The third-order valence-corrected chi connectivity index (χ3v) is 0.622. The Balaban J connectivity index is 3.20. The van der Waals surface area contributed by atoms with Gasteiger partial charge < -0.3 is 5.73 Å². The highest BCUT2D eigenvalue weighted by Gasteiger charge is 1.95. The zero-order valence-electron chi connectivity index (χ0n) is 5.18. The van der Waals surface area contributed by atoms with Crippen molar-refractivity contribution in [2.75, 3.05) is 6.54 Å². The van der Waals surface area contributed by atoms with Crippen molar-refractivity contribution in [3.8, 4) is 0 Å². The number of primary amides is 1. The van der Waals surface area contributed by atoms with E-state index in [9.17, 15) is 9.59 Å². The van der Waals surface area contributed by atoms with Gasteiger partial charge in [0, 0.05) is 0 Å². The monoisotopic (exact) mass is 147 g/mol. The molecule has 0 unspecified atom stereocenters. The van der Waals surface area contributed by atoms with Gasteiger partial charge in [-0.1, -0.05) is 0 Å². The van der Waals surface area contributed by atoms with Gasteiger partial charge >= 0.3 is 6.03 Å². The molecule has 0 aromatic heterocycles. The first-order valence-electron chi connectivity index (χ1n) is 2.44. The van der Waals surface area contributed by atoms with Crippen LogP contribution in [0.2, 0.25) is 0 Å². The molecule has 0 aliphatic carbocycles. The van der Waals surface area contributed by atoms with Gasteiger partial charge in [-0.25, -0.2) is 16.1 Å². The molecule has 10 heavy (non-hydrogen) atoms. The fourth-order valence-corrected chi connectivity index (χ4v) is 0.263. The van der Waals surface area contributed by atoms with Crippen LogP contribution in [0.1, 0.15) is 0 Å². The van der Waals surface area contributed by atoms with Crippen molar-refractivity contribution in [2.45, 2.75) is 0 Å². The minimum absolute atomic E-state index is 0.112. The summed E-state index contributed by atoms with van der Waals surface area (Å²) in [5.74, 6) is 4.26. The van der Waals surface area contributed by atoms with Crippen LogP contribution in [0, 0.1) is 0 Å². The average Bonchev–Trinajstić information content (AvgIpc) is 1.87. The molecule has 0 spiro atoms. The molecule has 58 valence electrons. The highest BCUT2D eigenvalue weighted by atomic mass is 16.2. The number of hydrazine groups is 2. The number of nitrogens with two attached hydrogens (primary N) is 2. The van der Waals surface area contributed by atoms with Gasteiger partial charge in [-0.3, -0.25) is 15.6 Å². The molecule has 7 nitrogen and oxygen atoms in total. The van der Waals surface area contributed by atoms with E-state index in [1.54, 1.807) is 0 Å². The molecule has 0 aliphatic heterocycles. The van der Waals surface area contributed by atoms with Gasteiger partial charge in [-0.2, -0.15) is 0 Å². The van der Waals surface area contributed by atoms with E-state index in [0.717, 1.165) is 0 Å². The molecule has 0 bridgehead atoms. The number of amides is 3. The molecule has 3 amide bonds. The number of rotatable bonds is 3. The Bertz CT molecular complexity index is 135. The summed E-state index contributed by atoms with van der Waals surface area (Å²) < 4.78 is 0. The van der Waals surface area contributed by atoms with Crippen molar-refractivity contribution < 1.29 is 9.59 Å². The fraction of sp³-hybridized carbons (Fsp3) is 0.333. The highest BCUT2D eigenvalue weighted by molar-refractivity contribution is 5.78. The van der Waals surface area contributed by atoms with Gasteiger partial charge in [-0.15, -0.1) is 0 Å². The topological polar surface area (TPSA) is 122 Å². The molecule has 0 heterocycles. The van der Waals surface area contributed by atoms with Crippen molar-refractivity contribution in [3.05, 3.63) is 0 Å². The lowest BCUT2D eigenvalue weighted by Gasteiger charge is -2.01. The van der Waals surface area contributed by atoms with E-state index in [2.05, 4.69) is 11.2 Å². The number of carbonyl (C=O) groups excluding carboxylic acids is 2. The first-order valence-corrected chi connectivity index (χ1v) is 2.44. The van der Waals surface area contributed by atoms with Crippen LogP contribution in [0.25, 0.3) is 0 Å². The molecule has 0 rings (SSSR count). The van der Waals surface area contributed by atoms with Crippen molar-refractivity contribution in [2.24, 2.45) is 11.6 Å². The van der Waals surface area contributed by atoms with Crippen LogP contribution < -0.4 is 27.9 Å². The lowest BCUT2D eigenvalue weighted by Crippen LogP contribution is -2.47. The number of nitrogens with one attached hydrogen (secondary N) is 3. The second-order valence-electron chi connectivity index (χ2n) is 1.41. The van der Waals surface area contributed by atoms with Gasteiger partial charge in [0.2, 0.25) is 5.91 Å². The van der Waals surface area contributed by atoms with Gasteiger partial charge in [0.1, 0.15) is 0 Å². The van der Waals surface area contributed by atoms with Crippen LogP contribution in [0.15, 0.2) is 0 Å². The van der Waals surface area contributed by atoms with Crippen molar-refractivity contribution in [3.63, 3.8) is 0 Å². The number of carbonyl (C=O) groups is 2. The number of hydrogen-bond donors (Lipinski definition) is 5. The Morgan fingerprint density at radius 2 is 2.00 bits per heavy atom. The van der Waals surface area contributed by atoms with E-state index >= 15 is 0 Å². The fourth-order valence-electron chi connectivity index (χ4n) is 0.263. The van der Waals surface area contributed by atoms with Crippen LogP contribution in [0.3, 0.4) is 0 Å². The summed E-state index contributed by atoms with van der Waals surface area (Å²) in [6, 6.07) is -0.759. The molecule has 7 heteroatoms. The molecular formula is C3H9N5O2. The predicted octanol–water partition coefficient (Wildman–Crippen LogP) is -2.85. The van der Waals surface area contributed by atoms with Crippen LogP contribution >= 0.6 is 0 Å². The summed E-state index contributed by atoms with van der Waals surface area (Å²) in [6.45, 7) is -0.112. The summed E-state index contributed by atoms with van der Waals surface area (Å²) in [7, 11) is 0. The van der Waals surface area contributed by atoms with E-state index in [0.29, 0.717) is 0 Å². The van der Waals surface area contributed by atoms with Gasteiger partial charge in [0.15, 0.2) is 0 Å². The Kier molecular flexibility index (Phi) is 3.92. The molecule has 0 atom stereocenters. The first kappa shape index (κ1) is 8.66. The SMILES string of the molecule is NNC(=O)CNNC(N)=O. The minimum Gasteiger partial charge on any atom is -0.351 e. The lowest BCUT2D eigenvalue weighted by atomic mass is 10.6. The van der Waals surface area contributed by atoms with E-state index < -0.39 is 11.9 Å². The quantitative estimate of drug-likeness (QED) is 0.167. The van der Waals surface area contributed by atoms with Gasteiger partial charge in [-0.05, 0) is 0 Å². The van der Waals surface area contributed by atoms with Gasteiger partial charge in [0.05, 0.1) is 6.54 Å². The maximum Gasteiger partial charge on any atom is 0.326 e. The van der Waals surface area contributed by atoms with E-state index in [4.69, 9.17) is 5.84 Å². The predicted molar refractivity (Wildman–Crippen MR) is 33.1 cm³/mol. The maximum absolute atomic E-state index is 10.3. The molecule has 0 aromatic carbocycles. The Morgan fingerprint density at radius 3 is 2.40 bits per heavy atom. The van der Waals surface area contributed by atoms with E-state index in [-0.39, 0.29) is 6.54 Å². The van der Waals surface area contributed by atoms with Crippen molar-refractivity contribution in [1.29, 1.82) is 0 Å². The molecule has 0 aliphatic rings. The third-order valence-electron chi connectivity index (χ3n) is 0.622. The van der Waals surface area contributed by atoms with Crippen LogP contribution in [-0.4, -0.2) is 18.5 Å². The van der Waals surface area contributed by atoms with Gasteiger partial charge in [0.25, 0.3) is 0 Å². The average molecular weight is 147 g/mol. The second-order valence-corrected chi connectivity index (χ2v) is 1.41. The summed E-state index contributed by atoms with van der Waals surface area (Å²) >= 11 is 0. The van der Waals surface area contributed by atoms with Crippen molar-refractivity contribution >= 4 is 11.9 Å². The lowest BCUT2D eigenvalue weighted by molar-refractivity contribution is -0.120. The molecule has 0 saturated heterocycles. The first-order chi connectivity index (χ1) is 4.66. The molecule has 0 fully saturated rings. The number of urea groups is 1. The molecule has 7 N–H and O–H groups in total. The largest absolute Gasteiger partial charge is 0.351 e.